The molecule has 76 valence electrons. The Hall–Kier alpha value is -1.43. The quantitative estimate of drug-likeness (QED) is 0.686. The van der Waals surface area contributed by atoms with Crippen molar-refractivity contribution in [1.29, 1.82) is 0 Å². The summed E-state index contributed by atoms with van der Waals surface area (Å²) in [5.41, 5.74) is 2.60. The summed E-state index contributed by atoms with van der Waals surface area (Å²) in [5.74, 6) is -0.356. The summed E-state index contributed by atoms with van der Waals surface area (Å²) >= 11 is 0. The topological polar surface area (TPSA) is 79.9 Å². The highest BCUT2D eigenvalue weighted by molar-refractivity contribution is 5.90. The van der Waals surface area contributed by atoms with Crippen LogP contribution in [-0.2, 0) is 4.84 Å². The number of hydroxylamine groups is 1. The Morgan fingerprint density at radius 2 is 2.36 bits per heavy atom. The van der Waals surface area contributed by atoms with Gasteiger partial charge in [-0.25, -0.2) is 5.48 Å². The van der Waals surface area contributed by atoms with Crippen molar-refractivity contribution in [3.8, 4) is 0 Å². The molecule has 0 radical (unpaired) electrons. The molecule has 6 nitrogen and oxygen atoms in total. The Labute approximate surface area is 81.0 Å². The Bertz CT molecular complexity index is 292. The first-order valence-corrected chi connectivity index (χ1v) is 4.68. The highest BCUT2D eigenvalue weighted by Gasteiger charge is 2.17. The average molecular weight is 196 g/mol. The molecule has 0 unspecified atom stereocenters. The SMILES string of the molecule is O=C(NOC1CCCC1)c1cn[nH]n1. The van der Waals surface area contributed by atoms with Crippen molar-refractivity contribution in [2.45, 2.75) is 31.8 Å². The predicted octanol–water partition coefficient (Wildman–Crippen LogP) is 0.409. The zero-order valence-electron chi connectivity index (χ0n) is 7.69. The smallest absolute Gasteiger partial charge is 0.270 e. The lowest BCUT2D eigenvalue weighted by atomic mass is 10.3. The molecule has 1 aromatic heterocycles. The minimum atomic E-state index is -0.356. The first-order valence-electron chi connectivity index (χ1n) is 4.68. The number of aromatic amines is 1. The lowest BCUT2D eigenvalue weighted by Gasteiger charge is -2.09. The van der Waals surface area contributed by atoms with Crippen molar-refractivity contribution in [1.82, 2.24) is 20.9 Å². The fourth-order valence-corrected chi connectivity index (χ4v) is 1.51. The molecule has 0 bridgehead atoms. The molecule has 6 heteroatoms. The van der Waals surface area contributed by atoms with Gasteiger partial charge < -0.3 is 0 Å². The number of carbonyl (C=O) groups excluding carboxylic acids is 1. The van der Waals surface area contributed by atoms with Crippen LogP contribution >= 0.6 is 0 Å². The van der Waals surface area contributed by atoms with Crippen LogP contribution < -0.4 is 5.48 Å². The summed E-state index contributed by atoms with van der Waals surface area (Å²) in [6, 6.07) is 0. The molecule has 0 spiro atoms. The van der Waals surface area contributed by atoms with Crippen LogP contribution in [0.5, 0.6) is 0 Å². The fourth-order valence-electron chi connectivity index (χ4n) is 1.51. The van der Waals surface area contributed by atoms with E-state index in [1.165, 1.54) is 19.0 Å². The number of hydrogen-bond donors (Lipinski definition) is 2. The van der Waals surface area contributed by atoms with E-state index >= 15 is 0 Å². The van der Waals surface area contributed by atoms with Crippen molar-refractivity contribution < 1.29 is 9.63 Å². The van der Waals surface area contributed by atoms with Gasteiger partial charge >= 0.3 is 0 Å². The number of hydrogen-bond acceptors (Lipinski definition) is 4. The van der Waals surface area contributed by atoms with Crippen LogP contribution in [0.4, 0.5) is 0 Å². The normalized spacial score (nSPS) is 17.1. The fraction of sp³-hybridized carbons (Fsp3) is 0.625. The summed E-state index contributed by atoms with van der Waals surface area (Å²) in [7, 11) is 0. The Balaban J connectivity index is 1.78. The van der Waals surface area contributed by atoms with Gasteiger partial charge in [-0.2, -0.15) is 15.4 Å². The van der Waals surface area contributed by atoms with Crippen LogP contribution in [0.1, 0.15) is 36.2 Å². The molecule has 14 heavy (non-hydrogen) atoms. The second-order valence-electron chi connectivity index (χ2n) is 3.31. The maximum absolute atomic E-state index is 11.3. The number of carbonyl (C=O) groups is 1. The summed E-state index contributed by atoms with van der Waals surface area (Å²) in [4.78, 5) is 16.5. The molecule has 1 fully saturated rings. The third kappa shape index (κ3) is 2.08. The molecule has 0 atom stereocenters. The van der Waals surface area contributed by atoms with Crippen molar-refractivity contribution in [2.75, 3.05) is 0 Å². The van der Waals surface area contributed by atoms with Gasteiger partial charge in [-0.05, 0) is 12.8 Å². The van der Waals surface area contributed by atoms with E-state index in [0.717, 1.165) is 12.8 Å². The number of nitrogens with one attached hydrogen (secondary N) is 2. The molecule has 0 saturated heterocycles. The van der Waals surface area contributed by atoms with E-state index in [0.29, 0.717) is 0 Å². The third-order valence-electron chi connectivity index (χ3n) is 2.27. The number of rotatable bonds is 3. The van der Waals surface area contributed by atoms with E-state index < -0.39 is 0 Å². The molecule has 1 aromatic rings. The van der Waals surface area contributed by atoms with Crippen molar-refractivity contribution in [3.05, 3.63) is 11.9 Å². The van der Waals surface area contributed by atoms with E-state index in [4.69, 9.17) is 4.84 Å². The Morgan fingerprint density at radius 1 is 1.57 bits per heavy atom. The standard InChI is InChI=1S/C8H12N4O2/c13-8(7-5-9-12-10-7)11-14-6-3-1-2-4-6/h5-6H,1-4H2,(H,11,13)(H,9,10,12). The molecular formula is C8H12N4O2. The molecule has 1 saturated carbocycles. The molecule has 0 aliphatic heterocycles. The lowest BCUT2D eigenvalue weighted by Crippen LogP contribution is -2.28. The van der Waals surface area contributed by atoms with Gasteiger partial charge in [0.1, 0.15) is 0 Å². The summed E-state index contributed by atoms with van der Waals surface area (Å²) in [6.07, 6.45) is 5.88. The van der Waals surface area contributed by atoms with Crippen LogP contribution in [0.2, 0.25) is 0 Å². The average Bonchev–Trinajstić information content (AvgIpc) is 2.87. The van der Waals surface area contributed by atoms with E-state index in [1.807, 2.05) is 0 Å². The van der Waals surface area contributed by atoms with Gasteiger partial charge in [0.25, 0.3) is 5.91 Å². The molecular weight excluding hydrogens is 184 g/mol. The van der Waals surface area contributed by atoms with E-state index in [9.17, 15) is 4.79 Å². The molecule has 1 heterocycles. The molecule has 0 aromatic carbocycles. The van der Waals surface area contributed by atoms with Gasteiger partial charge in [0.05, 0.1) is 12.3 Å². The highest BCUT2D eigenvalue weighted by atomic mass is 16.7. The van der Waals surface area contributed by atoms with E-state index in [-0.39, 0.29) is 17.7 Å². The number of H-pyrrole nitrogens is 1. The molecule has 1 aliphatic rings. The van der Waals surface area contributed by atoms with Crippen LogP contribution in [0.25, 0.3) is 0 Å². The van der Waals surface area contributed by atoms with Crippen molar-refractivity contribution in [2.24, 2.45) is 0 Å². The number of nitrogens with zero attached hydrogens (tertiary/aromatic N) is 2. The molecule has 2 N–H and O–H groups in total. The van der Waals surface area contributed by atoms with Crippen LogP contribution in [0.3, 0.4) is 0 Å². The minimum absolute atomic E-state index is 0.158. The van der Waals surface area contributed by atoms with Gasteiger partial charge in [0, 0.05) is 0 Å². The maximum Gasteiger partial charge on any atom is 0.297 e. The lowest BCUT2D eigenvalue weighted by molar-refractivity contribution is -0.0127. The second-order valence-corrected chi connectivity index (χ2v) is 3.31. The van der Waals surface area contributed by atoms with Crippen molar-refractivity contribution >= 4 is 5.91 Å². The van der Waals surface area contributed by atoms with Gasteiger partial charge in [-0.3, -0.25) is 9.63 Å². The predicted molar refractivity (Wildman–Crippen MR) is 47.2 cm³/mol. The molecule has 1 amide bonds. The van der Waals surface area contributed by atoms with Gasteiger partial charge in [0.15, 0.2) is 5.69 Å². The maximum atomic E-state index is 11.3. The first-order chi connectivity index (χ1) is 6.86. The first kappa shape index (κ1) is 9.14. The summed E-state index contributed by atoms with van der Waals surface area (Å²) in [6.45, 7) is 0. The molecule has 1 aliphatic carbocycles. The van der Waals surface area contributed by atoms with Crippen LogP contribution in [-0.4, -0.2) is 27.4 Å². The Morgan fingerprint density at radius 3 is 3.00 bits per heavy atom. The van der Waals surface area contributed by atoms with Crippen molar-refractivity contribution in [3.63, 3.8) is 0 Å². The van der Waals surface area contributed by atoms with Crippen LogP contribution in [0, 0.1) is 0 Å². The second kappa shape index (κ2) is 4.19. The van der Waals surface area contributed by atoms with Gasteiger partial charge in [-0.1, -0.05) is 12.8 Å². The molecule has 2 rings (SSSR count). The van der Waals surface area contributed by atoms with Gasteiger partial charge in [-0.15, -0.1) is 0 Å². The number of aromatic nitrogens is 3. The zero-order chi connectivity index (χ0) is 9.80. The van der Waals surface area contributed by atoms with E-state index in [1.54, 1.807) is 0 Å². The minimum Gasteiger partial charge on any atom is -0.270 e. The largest absolute Gasteiger partial charge is 0.297 e. The Kier molecular flexibility index (Phi) is 2.73. The third-order valence-corrected chi connectivity index (χ3v) is 2.27. The summed E-state index contributed by atoms with van der Waals surface area (Å²) in [5, 5.41) is 9.53. The summed E-state index contributed by atoms with van der Waals surface area (Å²) < 4.78 is 0. The highest BCUT2D eigenvalue weighted by Crippen LogP contribution is 2.19. The zero-order valence-corrected chi connectivity index (χ0v) is 7.69. The monoisotopic (exact) mass is 196 g/mol. The van der Waals surface area contributed by atoms with E-state index in [2.05, 4.69) is 20.9 Å². The number of amides is 1. The van der Waals surface area contributed by atoms with Crippen LogP contribution in [0.15, 0.2) is 6.20 Å². The van der Waals surface area contributed by atoms with Gasteiger partial charge in [0.2, 0.25) is 0 Å².